The zero-order valence-corrected chi connectivity index (χ0v) is 12.8. The molecule has 0 aliphatic carbocycles. The van der Waals surface area contributed by atoms with E-state index in [1.54, 1.807) is 4.57 Å². The summed E-state index contributed by atoms with van der Waals surface area (Å²) >= 11 is 4.81. The molecule has 2 aromatic rings. The quantitative estimate of drug-likeness (QED) is 0.843. The summed E-state index contributed by atoms with van der Waals surface area (Å²) in [5.74, 6) is 0. The van der Waals surface area contributed by atoms with Crippen molar-refractivity contribution in [1.29, 1.82) is 0 Å². The lowest BCUT2D eigenvalue weighted by Crippen LogP contribution is -2.23. The Bertz CT molecular complexity index is 606. The summed E-state index contributed by atoms with van der Waals surface area (Å²) in [6, 6.07) is 2.29. The lowest BCUT2D eigenvalue weighted by molar-refractivity contribution is 0.272. The first-order valence-corrected chi connectivity index (χ1v) is 7.61. The first-order chi connectivity index (χ1) is 8.67. The topological polar surface area (TPSA) is 44.1 Å². The zero-order chi connectivity index (χ0) is 13.1. The fourth-order valence-electron chi connectivity index (χ4n) is 1.69. The highest BCUT2D eigenvalue weighted by Crippen LogP contribution is 2.27. The first kappa shape index (κ1) is 13.5. The molecule has 0 unspecified atom stereocenters. The number of halogens is 1. The Morgan fingerprint density at radius 1 is 1.44 bits per heavy atom. The number of hydrogen-bond acceptors (Lipinski definition) is 4. The van der Waals surface area contributed by atoms with Crippen molar-refractivity contribution >= 4 is 37.5 Å². The number of fused-ring (bicyclic) bond motifs is 1. The van der Waals surface area contributed by atoms with Crippen molar-refractivity contribution < 1.29 is 4.74 Å². The van der Waals surface area contributed by atoms with Crippen molar-refractivity contribution in [3.05, 3.63) is 20.2 Å². The van der Waals surface area contributed by atoms with Gasteiger partial charge in [0.05, 0.1) is 15.9 Å². The van der Waals surface area contributed by atoms with E-state index in [-0.39, 0.29) is 5.56 Å². The average molecular weight is 331 g/mol. The lowest BCUT2D eigenvalue weighted by atomic mass is 10.4. The van der Waals surface area contributed by atoms with E-state index < -0.39 is 0 Å². The van der Waals surface area contributed by atoms with Gasteiger partial charge in [-0.05, 0) is 34.8 Å². The van der Waals surface area contributed by atoms with Crippen molar-refractivity contribution in [2.75, 3.05) is 6.61 Å². The largest absolute Gasteiger partial charge is 0.465 e. The van der Waals surface area contributed by atoms with Crippen LogP contribution in [0.4, 0.5) is 0 Å². The first-order valence-electron chi connectivity index (χ1n) is 6.00. The Hall–Kier alpha value is -0.880. The number of aromatic nitrogens is 2. The van der Waals surface area contributed by atoms with Crippen LogP contribution >= 0.6 is 27.3 Å². The van der Waals surface area contributed by atoms with E-state index >= 15 is 0 Å². The Morgan fingerprint density at radius 2 is 2.22 bits per heavy atom. The maximum atomic E-state index is 12.3. The van der Waals surface area contributed by atoms with Crippen LogP contribution < -0.4 is 10.3 Å². The number of hydrogen-bond donors (Lipinski definition) is 0. The van der Waals surface area contributed by atoms with Gasteiger partial charge in [-0.15, -0.1) is 11.3 Å². The van der Waals surface area contributed by atoms with Gasteiger partial charge in [0.15, 0.2) is 0 Å². The van der Waals surface area contributed by atoms with Crippen LogP contribution in [0.15, 0.2) is 14.6 Å². The van der Waals surface area contributed by atoms with Gasteiger partial charge in [0.25, 0.3) is 11.6 Å². The molecule has 18 heavy (non-hydrogen) atoms. The van der Waals surface area contributed by atoms with E-state index in [1.807, 2.05) is 19.9 Å². The molecule has 0 aliphatic rings. The van der Waals surface area contributed by atoms with Crippen molar-refractivity contribution in [3.8, 4) is 6.01 Å². The van der Waals surface area contributed by atoms with Gasteiger partial charge in [-0.25, -0.2) is 0 Å². The van der Waals surface area contributed by atoms with Gasteiger partial charge in [0.1, 0.15) is 4.70 Å². The van der Waals surface area contributed by atoms with E-state index in [9.17, 15) is 4.79 Å². The summed E-state index contributed by atoms with van der Waals surface area (Å²) in [7, 11) is 0. The Morgan fingerprint density at radius 3 is 2.89 bits per heavy atom. The van der Waals surface area contributed by atoms with E-state index in [2.05, 4.69) is 20.9 Å². The fraction of sp³-hybridized carbons (Fsp3) is 0.500. The Balaban J connectivity index is 2.58. The molecule has 0 N–H and O–H groups in total. The second-order valence-corrected chi connectivity index (χ2v) is 6.40. The molecule has 6 heteroatoms. The average Bonchev–Trinajstić information content (AvgIpc) is 2.72. The monoisotopic (exact) mass is 330 g/mol. The zero-order valence-electron chi connectivity index (χ0n) is 10.4. The predicted molar refractivity (Wildman–Crippen MR) is 77.7 cm³/mol. The van der Waals surface area contributed by atoms with Crippen molar-refractivity contribution in [3.63, 3.8) is 0 Å². The second kappa shape index (κ2) is 5.84. The molecule has 0 radical (unpaired) electrons. The Kier molecular flexibility index (Phi) is 4.40. The molecule has 0 aromatic carbocycles. The molecule has 2 rings (SSSR count). The van der Waals surface area contributed by atoms with Gasteiger partial charge < -0.3 is 4.74 Å². The van der Waals surface area contributed by atoms with Gasteiger partial charge in [0.2, 0.25) is 0 Å². The second-order valence-electron chi connectivity index (χ2n) is 3.96. The molecule has 98 valence electrons. The minimum atomic E-state index is -0.0105. The summed E-state index contributed by atoms with van der Waals surface area (Å²) in [4.78, 5) is 16.8. The smallest absolute Gasteiger partial charge is 0.299 e. The molecule has 4 nitrogen and oxygen atoms in total. The van der Waals surface area contributed by atoms with Crippen LogP contribution in [0.5, 0.6) is 6.01 Å². The molecule has 0 bridgehead atoms. The highest BCUT2D eigenvalue weighted by Gasteiger charge is 2.13. The molecule has 0 saturated heterocycles. The van der Waals surface area contributed by atoms with E-state index in [0.29, 0.717) is 29.4 Å². The van der Waals surface area contributed by atoms with E-state index in [4.69, 9.17) is 4.74 Å². The third kappa shape index (κ3) is 2.59. The Labute approximate surface area is 118 Å². The van der Waals surface area contributed by atoms with Crippen LogP contribution in [0.25, 0.3) is 10.2 Å². The molecular weight excluding hydrogens is 316 g/mol. The summed E-state index contributed by atoms with van der Waals surface area (Å²) in [6.45, 7) is 5.27. The van der Waals surface area contributed by atoms with Crippen LogP contribution in [-0.4, -0.2) is 16.2 Å². The maximum absolute atomic E-state index is 12.3. The normalized spacial score (nSPS) is 11.1. The van der Waals surface area contributed by atoms with Gasteiger partial charge in [0, 0.05) is 6.54 Å². The summed E-state index contributed by atoms with van der Waals surface area (Å²) in [5, 5.41) is 0. The molecule has 0 fully saturated rings. The summed E-state index contributed by atoms with van der Waals surface area (Å²) < 4.78 is 8.80. The highest BCUT2D eigenvalue weighted by molar-refractivity contribution is 9.11. The van der Waals surface area contributed by atoms with Gasteiger partial charge in [-0.3, -0.25) is 9.36 Å². The van der Waals surface area contributed by atoms with Crippen LogP contribution in [0.1, 0.15) is 26.7 Å². The molecule has 0 aliphatic heterocycles. The van der Waals surface area contributed by atoms with Gasteiger partial charge in [-0.1, -0.05) is 13.8 Å². The van der Waals surface area contributed by atoms with Crippen LogP contribution in [-0.2, 0) is 6.54 Å². The van der Waals surface area contributed by atoms with Crippen molar-refractivity contribution in [2.45, 2.75) is 33.2 Å². The third-order valence-electron chi connectivity index (χ3n) is 2.45. The maximum Gasteiger partial charge on any atom is 0.299 e. The SMILES string of the molecule is CCCOc1nc2cc(Br)sc2c(=O)n1CCC. The predicted octanol–water partition coefficient (Wildman–Crippen LogP) is 3.42. The van der Waals surface area contributed by atoms with Crippen LogP contribution in [0.2, 0.25) is 0 Å². The lowest BCUT2D eigenvalue weighted by Gasteiger charge is -2.11. The molecule has 2 heterocycles. The number of nitrogens with zero attached hydrogens (tertiary/aromatic N) is 2. The standard InChI is InChI=1S/C12H15BrN2O2S/c1-3-5-15-11(16)10-8(7-9(13)18-10)14-12(15)17-6-4-2/h7H,3-6H2,1-2H3. The molecule has 0 amide bonds. The molecule has 0 spiro atoms. The van der Waals surface area contributed by atoms with E-state index in [1.165, 1.54) is 11.3 Å². The number of thiophene rings is 1. The summed E-state index contributed by atoms with van der Waals surface area (Å²) in [6.07, 6.45) is 1.77. The molecular formula is C12H15BrN2O2S. The third-order valence-corrected chi connectivity index (χ3v) is 4.07. The minimum Gasteiger partial charge on any atom is -0.465 e. The molecule has 2 aromatic heterocycles. The fourth-order valence-corrected chi connectivity index (χ4v) is 3.16. The van der Waals surface area contributed by atoms with E-state index in [0.717, 1.165) is 16.6 Å². The van der Waals surface area contributed by atoms with Crippen LogP contribution in [0.3, 0.4) is 0 Å². The minimum absolute atomic E-state index is 0.0105. The van der Waals surface area contributed by atoms with Crippen molar-refractivity contribution in [2.24, 2.45) is 0 Å². The summed E-state index contributed by atoms with van der Waals surface area (Å²) in [5.41, 5.74) is 0.694. The number of rotatable bonds is 5. The molecule has 0 atom stereocenters. The van der Waals surface area contributed by atoms with Gasteiger partial charge in [-0.2, -0.15) is 4.98 Å². The van der Waals surface area contributed by atoms with Gasteiger partial charge >= 0.3 is 0 Å². The van der Waals surface area contributed by atoms with Crippen LogP contribution in [0, 0.1) is 0 Å². The number of ether oxygens (including phenoxy) is 1. The highest BCUT2D eigenvalue weighted by atomic mass is 79.9. The van der Waals surface area contributed by atoms with Crippen molar-refractivity contribution in [1.82, 2.24) is 9.55 Å². The molecule has 0 saturated carbocycles.